The molecule has 0 radical (unpaired) electrons. The maximum absolute atomic E-state index is 4.43. The number of likely N-dealkylation sites (N-methyl/N-ethyl adjacent to an activating group) is 1. The van der Waals surface area contributed by atoms with Gasteiger partial charge in [0.05, 0.1) is 5.69 Å². The van der Waals surface area contributed by atoms with Crippen LogP contribution in [0.25, 0.3) is 0 Å². The first-order valence-electron chi connectivity index (χ1n) is 6.06. The second-order valence-electron chi connectivity index (χ2n) is 4.39. The lowest BCUT2D eigenvalue weighted by molar-refractivity contribution is 0.550. The summed E-state index contributed by atoms with van der Waals surface area (Å²) < 4.78 is 3.06. The fourth-order valence-corrected chi connectivity index (χ4v) is 3.66. The van der Waals surface area contributed by atoms with Gasteiger partial charge in [-0.1, -0.05) is 6.92 Å². The van der Waals surface area contributed by atoms with Gasteiger partial charge >= 0.3 is 0 Å². The Morgan fingerprint density at radius 2 is 2.33 bits per heavy atom. The third-order valence-corrected chi connectivity index (χ3v) is 4.62. The molecule has 2 rings (SSSR count). The van der Waals surface area contributed by atoms with Crippen LogP contribution in [0.5, 0.6) is 0 Å². The first-order chi connectivity index (χ1) is 8.60. The molecule has 2 heterocycles. The standard InChI is InChI=1S/C13H18BrN3S/c1-4-15-13(6-11-5-10(14)8-18-11)12-7-17(3)16-9(12)2/h5,7-8,13,15H,4,6H2,1-3H3. The van der Waals surface area contributed by atoms with E-state index in [0.717, 1.165) is 18.7 Å². The van der Waals surface area contributed by atoms with Crippen LogP contribution in [0.3, 0.4) is 0 Å². The van der Waals surface area contributed by atoms with Crippen LogP contribution in [0.1, 0.15) is 29.1 Å². The summed E-state index contributed by atoms with van der Waals surface area (Å²) in [5.41, 5.74) is 2.41. The van der Waals surface area contributed by atoms with Crippen LogP contribution < -0.4 is 5.32 Å². The fourth-order valence-electron chi connectivity index (χ4n) is 2.16. The Bertz CT molecular complexity index is 518. The number of rotatable bonds is 5. The summed E-state index contributed by atoms with van der Waals surface area (Å²) in [7, 11) is 1.97. The molecule has 1 N–H and O–H groups in total. The van der Waals surface area contributed by atoms with E-state index >= 15 is 0 Å². The van der Waals surface area contributed by atoms with Gasteiger partial charge in [-0.05, 0) is 35.5 Å². The molecule has 2 aromatic heterocycles. The van der Waals surface area contributed by atoms with Crippen LogP contribution in [0.4, 0.5) is 0 Å². The number of hydrogen-bond acceptors (Lipinski definition) is 3. The van der Waals surface area contributed by atoms with E-state index in [9.17, 15) is 0 Å². The highest BCUT2D eigenvalue weighted by atomic mass is 79.9. The summed E-state index contributed by atoms with van der Waals surface area (Å²) in [6.45, 7) is 5.18. The Morgan fingerprint density at radius 1 is 1.56 bits per heavy atom. The van der Waals surface area contributed by atoms with Crippen LogP contribution in [0.15, 0.2) is 22.1 Å². The molecule has 0 saturated carbocycles. The van der Waals surface area contributed by atoms with Gasteiger partial charge in [0.15, 0.2) is 0 Å². The topological polar surface area (TPSA) is 29.9 Å². The molecule has 0 aliphatic heterocycles. The number of thiophene rings is 1. The molecule has 0 aliphatic rings. The summed E-state index contributed by atoms with van der Waals surface area (Å²) in [6, 6.07) is 2.54. The lowest BCUT2D eigenvalue weighted by Gasteiger charge is -2.16. The maximum atomic E-state index is 4.43. The van der Waals surface area contributed by atoms with Gasteiger partial charge in [-0.25, -0.2) is 0 Å². The van der Waals surface area contributed by atoms with Crippen molar-refractivity contribution in [3.63, 3.8) is 0 Å². The molecule has 0 aliphatic carbocycles. The molecule has 0 spiro atoms. The predicted molar refractivity (Wildman–Crippen MR) is 80.1 cm³/mol. The van der Waals surface area contributed by atoms with E-state index in [0.29, 0.717) is 6.04 Å². The van der Waals surface area contributed by atoms with Crippen molar-refractivity contribution in [2.75, 3.05) is 6.54 Å². The first-order valence-corrected chi connectivity index (χ1v) is 7.73. The van der Waals surface area contributed by atoms with Crippen molar-refractivity contribution in [3.8, 4) is 0 Å². The first kappa shape index (κ1) is 13.8. The second-order valence-corrected chi connectivity index (χ2v) is 6.30. The van der Waals surface area contributed by atoms with E-state index < -0.39 is 0 Å². The Hall–Kier alpha value is -0.650. The smallest absolute Gasteiger partial charge is 0.0641 e. The second kappa shape index (κ2) is 5.99. The number of hydrogen-bond donors (Lipinski definition) is 1. The fraction of sp³-hybridized carbons (Fsp3) is 0.462. The largest absolute Gasteiger partial charge is 0.310 e. The van der Waals surface area contributed by atoms with Gasteiger partial charge in [-0.2, -0.15) is 5.10 Å². The number of aromatic nitrogens is 2. The van der Waals surface area contributed by atoms with E-state index in [1.807, 2.05) is 11.7 Å². The Kier molecular flexibility index (Phi) is 4.59. The van der Waals surface area contributed by atoms with Gasteiger partial charge in [0, 0.05) is 46.0 Å². The normalized spacial score (nSPS) is 12.9. The number of nitrogens with one attached hydrogen (secondary N) is 1. The Morgan fingerprint density at radius 3 is 2.83 bits per heavy atom. The molecular weight excluding hydrogens is 310 g/mol. The summed E-state index contributed by atoms with van der Waals surface area (Å²) in [6.07, 6.45) is 3.13. The number of halogens is 1. The van der Waals surface area contributed by atoms with Crippen molar-refractivity contribution in [1.29, 1.82) is 0 Å². The quantitative estimate of drug-likeness (QED) is 0.911. The highest BCUT2D eigenvalue weighted by Gasteiger charge is 2.16. The highest BCUT2D eigenvalue weighted by Crippen LogP contribution is 2.26. The summed E-state index contributed by atoms with van der Waals surface area (Å²) in [5, 5.41) is 10.1. The van der Waals surface area contributed by atoms with E-state index in [1.165, 1.54) is 14.9 Å². The monoisotopic (exact) mass is 327 g/mol. The molecule has 0 aromatic carbocycles. The molecule has 0 bridgehead atoms. The van der Waals surface area contributed by atoms with Crippen molar-refractivity contribution in [2.45, 2.75) is 26.3 Å². The van der Waals surface area contributed by atoms with Crippen molar-refractivity contribution in [2.24, 2.45) is 7.05 Å². The van der Waals surface area contributed by atoms with Gasteiger partial charge in [-0.15, -0.1) is 11.3 Å². The highest BCUT2D eigenvalue weighted by molar-refractivity contribution is 9.10. The van der Waals surface area contributed by atoms with Crippen LogP contribution in [-0.4, -0.2) is 16.3 Å². The van der Waals surface area contributed by atoms with Gasteiger partial charge in [0.25, 0.3) is 0 Å². The molecule has 5 heteroatoms. The van der Waals surface area contributed by atoms with Crippen LogP contribution in [0.2, 0.25) is 0 Å². The minimum atomic E-state index is 0.342. The van der Waals surface area contributed by atoms with Crippen LogP contribution in [0, 0.1) is 6.92 Å². The molecule has 98 valence electrons. The van der Waals surface area contributed by atoms with Crippen molar-refractivity contribution in [1.82, 2.24) is 15.1 Å². The third-order valence-electron chi connectivity index (χ3n) is 2.90. The Labute approximate surface area is 120 Å². The van der Waals surface area contributed by atoms with Gasteiger partial charge < -0.3 is 5.32 Å². The van der Waals surface area contributed by atoms with Gasteiger partial charge in [0.1, 0.15) is 0 Å². The van der Waals surface area contributed by atoms with E-state index in [4.69, 9.17) is 0 Å². The van der Waals surface area contributed by atoms with Crippen molar-refractivity contribution in [3.05, 3.63) is 38.3 Å². The van der Waals surface area contributed by atoms with Gasteiger partial charge in [-0.3, -0.25) is 4.68 Å². The molecule has 18 heavy (non-hydrogen) atoms. The number of nitrogens with zero attached hydrogens (tertiary/aromatic N) is 2. The summed E-state index contributed by atoms with van der Waals surface area (Å²) in [5.74, 6) is 0. The van der Waals surface area contributed by atoms with E-state index in [-0.39, 0.29) is 0 Å². The van der Waals surface area contributed by atoms with E-state index in [2.05, 4.69) is 57.8 Å². The lowest BCUT2D eigenvalue weighted by Crippen LogP contribution is -2.23. The molecule has 1 atom stereocenters. The zero-order chi connectivity index (χ0) is 13.1. The summed E-state index contributed by atoms with van der Waals surface area (Å²) >= 11 is 5.31. The maximum Gasteiger partial charge on any atom is 0.0641 e. The molecule has 0 fully saturated rings. The van der Waals surface area contributed by atoms with Crippen molar-refractivity contribution >= 4 is 27.3 Å². The Balaban J connectivity index is 2.20. The zero-order valence-electron chi connectivity index (χ0n) is 10.9. The average Bonchev–Trinajstić information content (AvgIpc) is 2.84. The van der Waals surface area contributed by atoms with E-state index in [1.54, 1.807) is 11.3 Å². The molecule has 2 aromatic rings. The molecule has 0 amide bonds. The SMILES string of the molecule is CCNC(Cc1cc(Br)cs1)c1cn(C)nc1C. The van der Waals surface area contributed by atoms with Gasteiger partial charge in [0.2, 0.25) is 0 Å². The average molecular weight is 328 g/mol. The minimum Gasteiger partial charge on any atom is -0.310 e. The third kappa shape index (κ3) is 3.22. The molecule has 0 saturated heterocycles. The van der Waals surface area contributed by atoms with Crippen molar-refractivity contribution < 1.29 is 0 Å². The predicted octanol–water partition coefficient (Wildman–Crippen LogP) is 3.45. The minimum absolute atomic E-state index is 0.342. The molecular formula is C13H18BrN3S. The molecule has 3 nitrogen and oxygen atoms in total. The number of aryl methyl sites for hydroxylation is 2. The zero-order valence-corrected chi connectivity index (χ0v) is 13.3. The lowest BCUT2D eigenvalue weighted by atomic mass is 10.0. The van der Waals surface area contributed by atoms with Crippen LogP contribution in [-0.2, 0) is 13.5 Å². The molecule has 1 unspecified atom stereocenters. The summed E-state index contributed by atoms with van der Waals surface area (Å²) in [4.78, 5) is 1.39. The van der Waals surface area contributed by atoms with Crippen LogP contribution >= 0.6 is 27.3 Å².